The minimum absolute atomic E-state index is 0.0480. The van der Waals surface area contributed by atoms with Gasteiger partial charge in [-0.15, -0.1) is 0 Å². The van der Waals surface area contributed by atoms with Crippen molar-refractivity contribution in [2.75, 3.05) is 0 Å². The number of carboxylic acids is 1. The van der Waals surface area contributed by atoms with Gasteiger partial charge in [0.25, 0.3) is 0 Å². The molecule has 0 fully saturated rings. The van der Waals surface area contributed by atoms with Gasteiger partial charge in [0.1, 0.15) is 17.2 Å². The van der Waals surface area contributed by atoms with Crippen molar-refractivity contribution >= 4 is 5.97 Å². The molecule has 0 unspecified atom stereocenters. The van der Waals surface area contributed by atoms with Gasteiger partial charge in [0.05, 0.1) is 0 Å². The Morgan fingerprint density at radius 2 is 2.06 bits per heavy atom. The van der Waals surface area contributed by atoms with Crippen LogP contribution in [0.2, 0.25) is 0 Å². The summed E-state index contributed by atoms with van der Waals surface area (Å²) >= 11 is 0. The summed E-state index contributed by atoms with van der Waals surface area (Å²) in [5.74, 6) is -1.76. The average molecular weight is 235 g/mol. The maximum absolute atomic E-state index is 10.6. The normalized spacial score (nSPS) is 10.4. The lowest BCUT2D eigenvalue weighted by Gasteiger charge is -2.05. The van der Waals surface area contributed by atoms with Gasteiger partial charge in [-0.2, -0.15) is 0 Å². The van der Waals surface area contributed by atoms with E-state index in [1.54, 1.807) is 0 Å². The Hall–Kier alpha value is -2.50. The van der Waals surface area contributed by atoms with Crippen LogP contribution in [0.1, 0.15) is 16.1 Å². The third kappa shape index (κ3) is 1.80. The number of hydrogen-bond donors (Lipinski definition) is 3. The van der Waals surface area contributed by atoms with E-state index in [0.29, 0.717) is 11.1 Å². The molecule has 0 spiro atoms. The predicted octanol–water partition coefficient (Wildman–Crippen LogP) is 1.76. The number of aromatic carboxylic acids is 1. The first-order valence-electron chi connectivity index (χ1n) is 4.72. The Balaban J connectivity index is 2.53. The highest BCUT2D eigenvalue weighted by Crippen LogP contribution is 2.35. The highest BCUT2D eigenvalue weighted by molar-refractivity contribution is 5.86. The molecular formula is C11H9NO5. The molecule has 2 rings (SSSR count). The van der Waals surface area contributed by atoms with Crippen molar-refractivity contribution in [1.82, 2.24) is 5.16 Å². The molecule has 0 aliphatic heterocycles. The van der Waals surface area contributed by atoms with E-state index in [9.17, 15) is 15.0 Å². The zero-order valence-electron chi connectivity index (χ0n) is 8.84. The number of carboxylic acid groups (broad SMARTS) is 1. The highest BCUT2D eigenvalue weighted by Gasteiger charge is 2.16. The fourth-order valence-electron chi connectivity index (χ4n) is 1.40. The van der Waals surface area contributed by atoms with Crippen molar-refractivity contribution in [3.8, 4) is 22.8 Å². The van der Waals surface area contributed by atoms with Crippen LogP contribution in [0, 0.1) is 6.92 Å². The first kappa shape index (κ1) is 11.0. The van der Waals surface area contributed by atoms with Gasteiger partial charge in [0.2, 0.25) is 5.76 Å². The van der Waals surface area contributed by atoms with Gasteiger partial charge in [0.15, 0.2) is 0 Å². The van der Waals surface area contributed by atoms with E-state index in [0.717, 1.165) is 0 Å². The summed E-state index contributed by atoms with van der Waals surface area (Å²) in [6, 6.07) is 4.02. The molecule has 0 radical (unpaired) electrons. The molecule has 2 aromatic rings. The summed E-state index contributed by atoms with van der Waals surface area (Å²) < 4.78 is 4.58. The fraction of sp³-hybridized carbons (Fsp3) is 0.0909. The van der Waals surface area contributed by atoms with Crippen LogP contribution in [-0.2, 0) is 0 Å². The lowest BCUT2D eigenvalue weighted by Crippen LogP contribution is -1.91. The van der Waals surface area contributed by atoms with E-state index >= 15 is 0 Å². The molecule has 0 aliphatic rings. The molecule has 3 N–H and O–H groups in total. The van der Waals surface area contributed by atoms with Crippen LogP contribution < -0.4 is 0 Å². The molecule has 17 heavy (non-hydrogen) atoms. The van der Waals surface area contributed by atoms with Gasteiger partial charge in [-0.25, -0.2) is 4.79 Å². The molecule has 0 saturated carbocycles. The van der Waals surface area contributed by atoms with E-state index in [1.807, 2.05) is 0 Å². The van der Waals surface area contributed by atoms with Gasteiger partial charge in [-0.1, -0.05) is 5.16 Å². The summed E-state index contributed by atoms with van der Waals surface area (Å²) in [4.78, 5) is 10.6. The van der Waals surface area contributed by atoms with Gasteiger partial charge in [-0.3, -0.25) is 0 Å². The number of hydrogen-bond acceptors (Lipinski definition) is 5. The lowest BCUT2D eigenvalue weighted by atomic mass is 10.1. The molecular weight excluding hydrogens is 226 g/mol. The fourth-order valence-corrected chi connectivity index (χ4v) is 1.40. The van der Waals surface area contributed by atoms with Crippen molar-refractivity contribution in [3.63, 3.8) is 0 Å². The number of nitrogens with zero attached hydrogens (tertiary/aromatic N) is 1. The minimum atomic E-state index is -1.24. The third-order valence-corrected chi connectivity index (χ3v) is 2.40. The molecule has 0 atom stereocenters. The molecule has 1 heterocycles. The summed E-state index contributed by atoms with van der Waals surface area (Å²) in [6.07, 6.45) is 0. The zero-order chi connectivity index (χ0) is 12.6. The summed E-state index contributed by atoms with van der Waals surface area (Å²) in [5.41, 5.74) is 0.793. The SMILES string of the molecule is Cc1c(O)ccc(-c2cc(C(=O)O)on2)c1O. The quantitative estimate of drug-likeness (QED) is 0.732. The van der Waals surface area contributed by atoms with Crippen LogP contribution in [0.25, 0.3) is 11.3 Å². The van der Waals surface area contributed by atoms with E-state index in [1.165, 1.54) is 25.1 Å². The van der Waals surface area contributed by atoms with Crippen molar-refractivity contribution < 1.29 is 24.6 Å². The van der Waals surface area contributed by atoms with Gasteiger partial charge in [-0.05, 0) is 19.1 Å². The smallest absolute Gasteiger partial charge is 0.374 e. The number of aromatic nitrogens is 1. The van der Waals surface area contributed by atoms with E-state index in [2.05, 4.69) is 9.68 Å². The molecule has 1 aromatic carbocycles. The van der Waals surface area contributed by atoms with Crippen molar-refractivity contribution in [1.29, 1.82) is 0 Å². The lowest BCUT2D eigenvalue weighted by molar-refractivity contribution is 0.0652. The molecule has 0 amide bonds. The molecule has 0 bridgehead atoms. The second-order valence-electron chi connectivity index (χ2n) is 3.49. The van der Waals surface area contributed by atoms with Crippen LogP contribution in [0.3, 0.4) is 0 Å². The summed E-state index contributed by atoms with van der Waals surface area (Å²) in [6.45, 7) is 1.53. The number of rotatable bonds is 2. The zero-order valence-corrected chi connectivity index (χ0v) is 8.84. The molecule has 88 valence electrons. The number of aromatic hydroxyl groups is 2. The Kier molecular flexibility index (Phi) is 2.47. The third-order valence-electron chi connectivity index (χ3n) is 2.40. The minimum Gasteiger partial charge on any atom is -0.508 e. The maximum Gasteiger partial charge on any atom is 0.374 e. The topological polar surface area (TPSA) is 104 Å². The number of phenols is 2. The van der Waals surface area contributed by atoms with Crippen molar-refractivity contribution in [2.24, 2.45) is 0 Å². The maximum atomic E-state index is 10.6. The number of phenolic OH excluding ortho intramolecular Hbond substituents is 2. The van der Waals surface area contributed by atoms with Gasteiger partial charge < -0.3 is 19.8 Å². The van der Waals surface area contributed by atoms with Crippen molar-refractivity contribution in [3.05, 3.63) is 29.5 Å². The van der Waals surface area contributed by atoms with E-state index in [-0.39, 0.29) is 23.0 Å². The van der Waals surface area contributed by atoms with Crippen LogP contribution in [0.4, 0.5) is 0 Å². The predicted molar refractivity (Wildman–Crippen MR) is 57.0 cm³/mol. The number of benzene rings is 1. The Bertz CT molecular complexity index is 588. The standard InChI is InChI=1S/C11H9NO5/c1-5-8(13)3-2-6(10(5)14)7-4-9(11(15)16)17-12-7/h2-4,13-14H,1H3,(H,15,16). The van der Waals surface area contributed by atoms with Crippen LogP contribution >= 0.6 is 0 Å². The Labute approximate surface area is 95.7 Å². The van der Waals surface area contributed by atoms with Crippen LogP contribution in [-0.4, -0.2) is 26.4 Å². The molecule has 0 saturated heterocycles. The first-order chi connectivity index (χ1) is 8.00. The summed E-state index contributed by atoms with van der Waals surface area (Å²) in [5, 5.41) is 31.4. The van der Waals surface area contributed by atoms with Crippen LogP contribution in [0.5, 0.6) is 11.5 Å². The van der Waals surface area contributed by atoms with E-state index < -0.39 is 5.97 Å². The monoisotopic (exact) mass is 235 g/mol. The Morgan fingerprint density at radius 1 is 1.35 bits per heavy atom. The average Bonchev–Trinajstić information content (AvgIpc) is 2.75. The molecule has 6 nitrogen and oxygen atoms in total. The molecule has 6 heteroatoms. The second-order valence-corrected chi connectivity index (χ2v) is 3.49. The molecule has 0 aliphatic carbocycles. The first-order valence-corrected chi connectivity index (χ1v) is 4.72. The highest BCUT2D eigenvalue weighted by atomic mass is 16.5. The van der Waals surface area contributed by atoms with Gasteiger partial charge >= 0.3 is 5.97 Å². The van der Waals surface area contributed by atoms with E-state index in [4.69, 9.17) is 5.11 Å². The summed E-state index contributed by atoms with van der Waals surface area (Å²) in [7, 11) is 0. The molecule has 1 aromatic heterocycles. The largest absolute Gasteiger partial charge is 0.508 e. The van der Waals surface area contributed by atoms with Gasteiger partial charge in [0, 0.05) is 17.2 Å². The second kappa shape index (κ2) is 3.82. The Morgan fingerprint density at radius 3 is 2.65 bits per heavy atom. The number of carbonyl (C=O) groups is 1. The van der Waals surface area contributed by atoms with Crippen LogP contribution in [0.15, 0.2) is 22.7 Å². The van der Waals surface area contributed by atoms with Crippen molar-refractivity contribution in [2.45, 2.75) is 6.92 Å².